The maximum Gasteiger partial charge on any atom is 0.410 e. The maximum absolute atomic E-state index is 12.2. The average Bonchev–Trinajstić information content (AvgIpc) is 3.06. The zero-order valence-electron chi connectivity index (χ0n) is 15.2. The zero-order chi connectivity index (χ0) is 17.0. The van der Waals surface area contributed by atoms with E-state index in [1.807, 2.05) is 20.8 Å². The van der Waals surface area contributed by atoms with Gasteiger partial charge in [-0.2, -0.15) is 0 Å². The molecule has 4 atom stereocenters. The van der Waals surface area contributed by atoms with Gasteiger partial charge in [-0.1, -0.05) is 0 Å². The van der Waals surface area contributed by atoms with Crippen molar-refractivity contribution < 1.29 is 14.3 Å². The predicted octanol–water partition coefficient (Wildman–Crippen LogP) is 1.74. The first-order valence-corrected chi connectivity index (χ1v) is 8.78. The van der Waals surface area contributed by atoms with E-state index in [4.69, 9.17) is 9.47 Å². The van der Waals surface area contributed by atoms with Crippen LogP contribution in [0.5, 0.6) is 0 Å². The van der Waals surface area contributed by atoms with Gasteiger partial charge < -0.3 is 25.0 Å². The topological polar surface area (TPSA) is 62.8 Å². The maximum atomic E-state index is 12.2. The van der Waals surface area contributed by atoms with Gasteiger partial charge >= 0.3 is 6.09 Å². The van der Waals surface area contributed by atoms with Crippen molar-refractivity contribution in [3.63, 3.8) is 0 Å². The first-order valence-electron chi connectivity index (χ1n) is 8.78. The Balaban J connectivity index is 1.84. The van der Waals surface area contributed by atoms with Gasteiger partial charge in [-0.05, 0) is 53.5 Å². The second kappa shape index (κ2) is 7.81. The number of hydrogen-bond acceptors (Lipinski definition) is 5. The number of ether oxygens (including phenoxy) is 2. The summed E-state index contributed by atoms with van der Waals surface area (Å²) in [4.78, 5) is 14.0. The Morgan fingerprint density at radius 1 is 1.39 bits per heavy atom. The molecule has 2 N–H and O–H groups in total. The van der Waals surface area contributed by atoms with Crippen LogP contribution in [-0.2, 0) is 9.47 Å². The minimum Gasteiger partial charge on any atom is -0.444 e. The van der Waals surface area contributed by atoms with Gasteiger partial charge in [0.15, 0.2) is 0 Å². The normalized spacial score (nSPS) is 29.8. The lowest BCUT2D eigenvalue weighted by molar-refractivity contribution is 0.0252. The number of likely N-dealkylation sites (tertiary alicyclic amines) is 1. The molecule has 3 unspecified atom stereocenters. The van der Waals surface area contributed by atoms with Crippen molar-refractivity contribution in [2.45, 2.75) is 76.8 Å². The van der Waals surface area contributed by atoms with Crippen molar-refractivity contribution in [2.75, 3.05) is 26.7 Å². The average molecular weight is 327 g/mol. The van der Waals surface area contributed by atoms with Crippen LogP contribution in [0.4, 0.5) is 4.79 Å². The summed E-state index contributed by atoms with van der Waals surface area (Å²) in [5, 5.41) is 7.17. The molecule has 2 heterocycles. The van der Waals surface area contributed by atoms with Crippen LogP contribution in [0.15, 0.2) is 0 Å². The standard InChI is InChI=1S/C17H33N3O3/c1-12(9-13-7-6-8-18-13)19-14-10-20(11-15(14)22-5)16(21)23-17(2,3)4/h12-15,18-19H,6-11H2,1-5H3/t12?,13?,14?,15-/m0/s1. The van der Waals surface area contributed by atoms with Gasteiger partial charge in [0.1, 0.15) is 5.60 Å². The van der Waals surface area contributed by atoms with Crippen LogP contribution in [0.3, 0.4) is 0 Å². The summed E-state index contributed by atoms with van der Waals surface area (Å²) < 4.78 is 11.0. The number of rotatable bonds is 5. The van der Waals surface area contributed by atoms with Crippen molar-refractivity contribution in [1.82, 2.24) is 15.5 Å². The second-order valence-corrected chi connectivity index (χ2v) is 7.86. The summed E-state index contributed by atoms with van der Waals surface area (Å²) in [7, 11) is 1.71. The van der Waals surface area contributed by atoms with Crippen molar-refractivity contribution in [1.29, 1.82) is 0 Å². The number of carbonyl (C=O) groups excluding carboxylic acids is 1. The molecule has 0 bridgehead atoms. The lowest BCUT2D eigenvalue weighted by atomic mass is 10.1. The molecule has 6 heteroatoms. The molecule has 2 aliphatic heterocycles. The highest BCUT2D eigenvalue weighted by atomic mass is 16.6. The molecule has 1 amide bonds. The van der Waals surface area contributed by atoms with Gasteiger partial charge in [-0.3, -0.25) is 0 Å². The van der Waals surface area contributed by atoms with Gasteiger partial charge in [0, 0.05) is 25.7 Å². The summed E-state index contributed by atoms with van der Waals surface area (Å²) in [6.45, 7) is 10.2. The smallest absolute Gasteiger partial charge is 0.410 e. The first-order chi connectivity index (χ1) is 10.8. The molecule has 0 aromatic rings. The summed E-state index contributed by atoms with van der Waals surface area (Å²) in [5.41, 5.74) is -0.466. The van der Waals surface area contributed by atoms with E-state index < -0.39 is 5.60 Å². The highest BCUT2D eigenvalue weighted by Gasteiger charge is 2.38. The molecule has 134 valence electrons. The summed E-state index contributed by atoms with van der Waals surface area (Å²) >= 11 is 0. The van der Waals surface area contributed by atoms with E-state index >= 15 is 0 Å². The number of nitrogens with one attached hydrogen (secondary N) is 2. The van der Waals surface area contributed by atoms with Crippen LogP contribution in [0, 0.1) is 0 Å². The molecule has 0 aromatic carbocycles. The van der Waals surface area contributed by atoms with Crippen LogP contribution in [0.25, 0.3) is 0 Å². The molecule has 0 radical (unpaired) electrons. The fourth-order valence-corrected chi connectivity index (χ4v) is 3.47. The molecule has 2 fully saturated rings. The van der Waals surface area contributed by atoms with Crippen LogP contribution in [0.1, 0.15) is 47.0 Å². The van der Waals surface area contributed by atoms with Crippen LogP contribution in [-0.4, -0.2) is 67.6 Å². The molecule has 2 aliphatic rings. The van der Waals surface area contributed by atoms with E-state index in [0.29, 0.717) is 25.2 Å². The Bertz CT molecular complexity index is 391. The van der Waals surface area contributed by atoms with Gasteiger partial charge in [0.05, 0.1) is 18.7 Å². The lowest BCUT2D eigenvalue weighted by Crippen LogP contribution is -2.46. The van der Waals surface area contributed by atoms with E-state index in [9.17, 15) is 4.79 Å². The van der Waals surface area contributed by atoms with E-state index in [0.717, 1.165) is 13.0 Å². The molecular formula is C17H33N3O3. The number of hydrogen-bond donors (Lipinski definition) is 2. The van der Waals surface area contributed by atoms with Crippen LogP contribution in [0.2, 0.25) is 0 Å². The Hall–Kier alpha value is -0.850. The summed E-state index contributed by atoms with van der Waals surface area (Å²) in [6.07, 6.45) is 3.40. The molecule has 0 aliphatic carbocycles. The highest BCUT2D eigenvalue weighted by Crippen LogP contribution is 2.19. The Morgan fingerprint density at radius 3 is 2.70 bits per heavy atom. The quantitative estimate of drug-likeness (QED) is 0.805. The van der Waals surface area contributed by atoms with Crippen LogP contribution < -0.4 is 10.6 Å². The summed E-state index contributed by atoms with van der Waals surface area (Å²) in [6, 6.07) is 1.16. The van der Waals surface area contributed by atoms with Crippen molar-refractivity contribution >= 4 is 6.09 Å². The van der Waals surface area contributed by atoms with Gasteiger partial charge in [-0.15, -0.1) is 0 Å². The Labute approximate surface area is 140 Å². The Kier molecular flexibility index (Phi) is 6.28. The molecular weight excluding hydrogens is 294 g/mol. The van der Waals surface area contributed by atoms with Gasteiger partial charge in [0.2, 0.25) is 0 Å². The van der Waals surface area contributed by atoms with Gasteiger partial charge in [-0.25, -0.2) is 4.79 Å². The van der Waals surface area contributed by atoms with Crippen molar-refractivity contribution in [3.8, 4) is 0 Å². The number of carbonyl (C=O) groups is 1. The Morgan fingerprint density at radius 2 is 2.13 bits per heavy atom. The largest absolute Gasteiger partial charge is 0.444 e. The zero-order valence-corrected chi connectivity index (χ0v) is 15.2. The van der Waals surface area contributed by atoms with Crippen molar-refractivity contribution in [3.05, 3.63) is 0 Å². The van der Waals surface area contributed by atoms with Gasteiger partial charge in [0.25, 0.3) is 0 Å². The molecule has 2 saturated heterocycles. The fraction of sp³-hybridized carbons (Fsp3) is 0.941. The first kappa shape index (κ1) is 18.5. The number of amides is 1. The van der Waals surface area contributed by atoms with Crippen molar-refractivity contribution in [2.24, 2.45) is 0 Å². The third kappa shape index (κ3) is 5.62. The molecule has 0 aromatic heterocycles. The fourth-order valence-electron chi connectivity index (χ4n) is 3.47. The minimum atomic E-state index is -0.466. The minimum absolute atomic E-state index is 0.0153. The lowest BCUT2D eigenvalue weighted by Gasteiger charge is -2.25. The number of nitrogens with zero attached hydrogens (tertiary/aromatic N) is 1. The molecule has 0 saturated carbocycles. The summed E-state index contributed by atoms with van der Waals surface area (Å²) in [5.74, 6) is 0. The SMILES string of the molecule is CO[C@H]1CN(C(=O)OC(C)(C)C)CC1NC(C)CC1CCCN1. The van der Waals surface area contributed by atoms with Crippen LogP contribution >= 0.6 is 0 Å². The van der Waals surface area contributed by atoms with E-state index in [1.165, 1.54) is 12.8 Å². The third-order valence-electron chi connectivity index (χ3n) is 4.52. The molecule has 2 rings (SSSR count). The number of methoxy groups -OCH3 is 1. The van der Waals surface area contributed by atoms with E-state index in [1.54, 1.807) is 12.0 Å². The second-order valence-electron chi connectivity index (χ2n) is 7.86. The highest BCUT2D eigenvalue weighted by molar-refractivity contribution is 5.68. The third-order valence-corrected chi connectivity index (χ3v) is 4.52. The predicted molar refractivity (Wildman–Crippen MR) is 90.6 cm³/mol. The molecule has 6 nitrogen and oxygen atoms in total. The van der Waals surface area contributed by atoms with E-state index in [-0.39, 0.29) is 18.2 Å². The monoisotopic (exact) mass is 327 g/mol. The van der Waals surface area contributed by atoms with E-state index in [2.05, 4.69) is 17.6 Å². The molecule has 23 heavy (non-hydrogen) atoms. The molecule has 0 spiro atoms.